The zero-order valence-electron chi connectivity index (χ0n) is 13.9. The van der Waals surface area contributed by atoms with Crippen LogP contribution in [0.15, 0.2) is 30.3 Å². The van der Waals surface area contributed by atoms with E-state index in [1.807, 2.05) is 19.1 Å². The Kier molecular flexibility index (Phi) is 3.47. The zero-order valence-corrected chi connectivity index (χ0v) is 13.9. The number of nitriles is 1. The van der Waals surface area contributed by atoms with Crippen LogP contribution < -0.4 is 14.8 Å². The molecular formula is C20H16N2O3. The molecule has 0 aromatic heterocycles. The minimum Gasteiger partial charge on any atom is -0.496 e. The molecule has 0 bridgehead atoms. The zero-order chi connectivity index (χ0) is 17.6. The molecule has 124 valence electrons. The molecule has 4 rings (SSSR count). The van der Waals surface area contributed by atoms with Gasteiger partial charge >= 0.3 is 0 Å². The number of carbonyl (C=O) groups is 1. The van der Waals surface area contributed by atoms with Crippen LogP contribution in [0.3, 0.4) is 0 Å². The number of carbonyl (C=O) groups excluding carboxylic acids is 1. The van der Waals surface area contributed by atoms with Gasteiger partial charge in [0.25, 0.3) is 5.91 Å². The van der Waals surface area contributed by atoms with Crippen LogP contribution in [0.2, 0.25) is 0 Å². The number of anilines is 1. The maximum absolute atomic E-state index is 12.4. The molecule has 1 unspecified atom stereocenters. The fraction of sp³-hybridized carbons (Fsp3) is 0.200. The Morgan fingerprint density at radius 2 is 2.20 bits per heavy atom. The highest BCUT2D eigenvalue weighted by molar-refractivity contribution is 6.35. The minimum absolute atomic E-state index is 0.141. The molecule has 1 atom stereocenters. The smallest absolute Gasteiger partial charge is 0.256 e. The van der Waals surface area contributed by atoms with Gasteiger partial charge in [0, 0.05) is 28.7 Å². The first-order chi connectivity index (χ1) is 12.1. The van der Waals surface area contributed by atoms with Crippen LogP contribution in [-0.2, 0) is 11.2 Å². The number of benzene rings is 2. The SMILES string of the molecule is COc1cc2c(cc1/C=C1/C(=O)Nc3cc(C#N)ccc31)OC(C)C2. The molecule has 1 amide bonds. The van der Waals surface area contributed by atoms with Crippen molar-refractivity contribution in [3.63, 3.8) is 0 Å². The largest absolute Gasteiger partial charge is 0.496 e. The van der Waals surface area contributed by atoms with Gasteiger partial charge in [-0.3, -0.25) is 4.79 Å². The molecule has 0 aliphatic carbocycles. The molecule has 2 aliphatic rings. The summed E-state index contributed by atoms with van der Waals surface area (Å²) in [6.45, 7) is 2.03. The van der Waals surface area contributed by atoms with Gasteiger partial charge in [0.1, 0.15) is 17.6 Å². The number of ether oxygens (including phenoxy) is 2. The lowest BCUT2D eigenvalue weighted by atomic mass is 10.0. The molecule has 0 saturated heterocycles. The summed E-state index contributed by atoms with van der Waals surface area (Å²) in [7, 11) is 1.62. The molecule has 2 heterocycles. The highest BCUT2D eigenvalue weighted by Gasteiger charge is 2.26. The van der Waals surface area contributed by atoms with E-state index in [1.54, 1.807) is 31.4 Å². The average molecular weight is 332 g/mol. The van der Waals surface area contributed by atoms with E-state index in [-0.39, 0.29) is 12.0 Å². The van der Waals surface area contributed by atoms with Gasteiger partial charge in [-0.2, -0.15) is 5.26 Å². The van der Waals surface area contributed by atoms with Gasteiger partial charge in [0.2, 0.25) is 0 Å². The first-order valence-corrected chi connectivity index (χ1v) is 8.04. The predicted molar refractivity (Wildman–Crippen MR) is 94.4 cm³/mol. The highest BCUT2D eigenvalue weighted by atomic mass is 16.5. The number of amides is 1. The van der Waals surface area contributed by atoms with Crippen molar-refractivity contribution in [2.24, 2.45) is 0 Å². The third-order valence-corrected chi connectivity index (χ3v) is 4.48. The number of rotatable bonds is 2. The van der Waals surface area contributed by atoms with E-state index in [0.29, 0.717) is 22.6 Å². The number of hydrogen-bond donors (Lipinski definition) is 1. The number of hydrogen-bond acceptors (Lipinski definition) is 4. The lowest BCUT2D eigenvalue weighted by Gasteiger charge is -2.09. The fourth-order valence-corrected chi connectivity index (χ4v) is 3.31. The van der Waals surface area contributed by atoms with Crippen molar-refractivity contribution < 1.29 is 14.3 Å². The summed E-state index contributed by atoms with van der Waals surface area (Å²) in [5.74, 6) is 1.35. The van der Waals surface area contributed by atoms with Crippen LogP contribution in [-0.4, -0.2) is 19.1 Å². The van der Waals surface area contributed by atoms with Crippen LogP contribution in [0.25, 0.3) is 11.6 Å². The molecule has 0 spiro atoms. The molecule has 2 aromatic rings. The summed E-state index contributed by atoms with van der Waals surface area (Å²) < 4.78 is 11.3. The maximum atomic E-state index is 12.4. The van der Waals surface area contributed by atoms with E-state index in [2.05, 4.69) is 11.4 Å². The van der Waals surface area contributed by atoms with Gasteiger partial charge in [0.05, 0.1) is 24.4 Å². The molecular weight excluding hydrogens is 316 g/mol. The minimum atomic E-state index is -0.193. The van der Waals surface area contributed by atoms with Gasteiger partial charge in [-0.15, -0.1) is 0 Å². The lowest BCUT2D eigenvalue weighted by Crippen LogP contribution is -2.05. The van der Waals surface area contributed by atoms with Gasteiger partial charge in [-0.1, -0.05) is 6.07 Å². The average Bonchev–Trinajstić information content (AvgIpc) is 3.12. The highest BCUT2D eigenvalue weighted by Crippen LogP contribution is 2.39. The summed E-state index contributed by atoms with van der Waals surface area (Å²) in [4.78, 5) is 12.4. The van der Waals surface area contributed by atoms with E-state index in [0.717, 1.165) is 28.9 Å². The van der Waals surface area contributed by atoms with Crippen LogP contribution in [0.1, 0.15) is 29.2 Å². The normalized spacial score (nSPS) is 19.0. The predicted octanol–water partition coefficient (Wildman–Crippen LogP) is 3.38. The van der Waals surface area contributed by atoms with E-state index < -0.39 is 0 Å². The second-order valence-electron chi connectivity index (χ2n) is 6.22. The van der Waals surface area contributed by atoms with E-state index >= 15 is 0 Å². The number of nitrogens with one attached hydrogen (secondary N) is 1. The van der Waals surface area contributed by atoms with E-state index in [4.69, 9.17) is 14.7 Å². The quantitative estimate of drug-likeness (QED) is 0.856. The van der Waals surface area contributed by atoms with Crippen LogP contribution >= 0.6 is 0 Å². The number of methoxy groups -OCH3 is 1. The van der Waals surface area contributed by atoms with Gasteiger partial charge in [0.15, 0.2) is 0 Å². The van der Waals surface area contributed by atoms with Crippen molar-refractivity contribution in [1.82, 2.24) is 0 Å². The Morgan fingerprint density at radius 3 is 2.96 bits per heavy atom. The molecule has 0 fully saturated rings. The molecule has 5 nitrogen and oxygen atoms in total. The second-order valence-corrected chi connectivity index (χ2v) is 6.22. The first-order valence-electron chi connectivity index (χ1n) is 8.04. The fourth-order valence-electron chi connectivity index (χ4n) is 3.31. The lowest BCUT2D eigenvalue weighted by molar-refractivity contribution is -0.110. The van der Waals surface area contributed by atoms with Crippen molar-refractivity contribution >= 4 is 23.2 Å². The van der Waals surface area contributed by atoms with Crippen molar-refractivity contribution in [2.45, 2.75) is 19.4 Å². The maximum Gasteiger partial charge on any atom is 0.256 e. The Balaban J connectivity index is 1.81. The van der Waals surface area contributed by atoms with Gasteiger partial charge < -0.3 is 14.8 Å². The van der Waals surface area contributed by atoms with Crippen LogP contribution in [0.4, 0.5) is 5.69 Å². The van der Waals surface area contributed by atoms with Crippen LogP contribution in [0, 0.1) is 11.3 Å². The van der Waals surface area contributed by atoms with Crippen LogP contribution in [0.5, 0.6) is 11.5 Å². The molecule has 0 saturated carbocycles. The Hall–Kier alpha value is -3.26. The summed E-state index contributed by atoms with van der Waals surface area (Å²) >= 11 is 0. The van der Waals surface area contributed by atoms with Gasteiger partial charge in [-0.25, -0.2) is 0 Å². The number of nitrogens with zero attached hydrogens (tertiary/aromatic N) is 1. The second kappa shape index (κ2) is 5.67. The molecule has 0 radical (unpaired) electrons. The topological polar surface area (TPSA) is 71.3 Å². The van der Waals surface area contributed by atoms with Crippen molar-refractivity contribution in [1.29, 1.82) is 5.26 Å². The van der Waals surface area contributed by atoms with Crippen molar-refractivity contribution in [2.75, 3.05) is 12.4 Å². The molecule has 1 N–H and O–H groups in total. The summed E-state index contributed by atoms with van der Waals surface area (Å²) in [6.07, 6.45) is 2.80. The van der Waals surface area contributed by atoms with Gasteiger partial charge in [-0.05, 0) is 37.3 Å². The number of fused-ring (bicyclic) bond motifs is 2. The summed E-state index contributed by atoms with van der Waals surface area (Å²) in [5, 5.41) is 11.8. The van der Waals surface area contributed by atoms with Crippen molar-refractivity contribution in [3.8, 4) is 17.6 Å². The van der Waals surface area contributed by atoms with E-state index in [1.165, 1.54) is 0 Å². The molecule has 5 heteroatoms. The third-order valence-electron chi connectivity index (χ3n) is 4.48. The Morgan fingerprint density at radius 1 is 1.36 bits per heavy atom. The Bertz CT molecular complexity index is 970. The molecule has 25 heavy (non-hydrogen) atoms. The molecule has 2 aromatic carbocycles. The monoisotopic (exact) mass is 332 g/mol. The summed E-state index contributed by atoms with van der Waals surface area (Å²) in [6, 6.07) is 11.1. The third kappa shape index (κ3) is 2.52. The van der Waals surface area contributed by atoms with E-state index in [9.17, 15) is 4.79 Å². The first kappa shape index (κ1) is 15.3. The summed E-state index contributed by atoms with van der Waals surface area (Å²) in [5.41, 5.74) is 4.39. The van der Waals surface area contributed by atoms with Crippen molar-refractivity contribution in [3.05, 3.63) is 52.6 Å². The standard InChI is InChI=1S/C20H16N2O3/c1-11-5-13-8-18(24-2)14(9-19(13)25-11)7-16-15-4-3-12(10-21)6-17(15)22-20(16)23/h3-4,6-9,11H,5H2,1-2H3,(H,22,23)/b16-7+. The molecule has 2 aliphatic heterocycles. The Labute approximate surface area is 145 Å².